The van der Waals surface area contributed by atoms with Gasteiger partial charge in [-0.05, 0) is 43.2 Å². The van der Waals surface area contributed by atoms with Gasteiger partial charge in [0.1, 0.15) is 0 Å². The van der Waals surface area contributed by atoms with Gasteiger partial charge in [0.05, 0.1) is 12.1 Å². The molecule has 1 fully saturated rings. The molecule has 112 valence electrons. The van der Waals surface area contributed by atoms with Gasteiger partial charge in [0, 0.05) is 7.11 Å². The monoisotopic (exact) mass is 276 g/mol. The van der Waals surface area contributed by atoms with Crippen LogP contribution >= 0.6 is 0 Å². The number of aryl methyl sites for hydroxylation is 1. The van der Waals surface area contributed by atoms with Crippen LogP contribution in [0.3, 0.4) is 0 Å². The molecule has 3 heteroatoms. The highest BCUT2D eigenvalue weighted by atomic mass is 16.5. The van der Waals surface area contributed by atoms with E-state index in [1.165, 1.54) is 43.2 Å². The molecule has 3 N–H and O–H groups in total. The second kappa shape index (κ2) is 7.77. The van der Waals surface area contributed by atoms with Gasteiger partial charge in [-0.25, -0.2) is 0 Å². The number of ether oxygens (including phenoxy) is 1. The molecule has 20 heavy (non-hydrogen) atoms. The molecule has 0 heterocycles. The van der Waals surface area contributed by atoms with E-state index in [4.69, 9.17) is 10.6 Å². The van der Waals surface area contributed by atoms with Crippen LogP contribution in [0.1, 0.15) is 43.2 Å². The molecule has 1 aromatic carbocycles. The maximum atomic E-state index is 5.82. The van der Waals surface area contributed by atoms with E-state index in [-0.39, 0.29) is 12.1 Å². The van der Waals surface area contributed by atoms with E-state index in [0.717, 1.165) is 6.42 Å². The molecular weight excluding hydrogens is 248 g/mol. The SMILES string of the molecule is COC(C1CCCCC1)C(Cc1ccccc1C)NN. The Morgan fingerprint density at radius 2 is 1.95 bits per heavy atom. The summed E-state index contributed by atoms with van der Waals surface area (Å²) >= 11 is 0. The maximum Gasteiger partial charge on any atom is 0.0769 e. The molecule has 0 aliphatic heterocycles. The Kier molecular flexibility index (Phi) is 6.02. The number of nitrogens with two attached hydrogens (primary N) is 1. The lowest BCUT2D eigenvalue weighted by Gasteiger charge is -2.34. The number of hydrazine groups is 1. The Morgan fingerprint density at radius 1 is 1.25 bits per heavy atom. The van der Waals surface area contributed by atoms with Gasteiger partial charge in [-0.1, -0.05) is 43.5 Å². The minimum atomic E-state index is 0.184. The normalized spacial score (nSPS) is 19.8. The summed E-state index contributed by atoms with van der Waals surface area (Å²) < 4.78 is 5.81. The van der Waals surface area contributed by atoms with E-state index in [2.05, 4.69) is 36.6 Å². The Labute approximate surface area is 122 Å². The fourth-order valence-electron chi connectivity index (χ4n) is 3.49. The van der Waals surface area contributed by atoms with Crippen LogP contribution in [0.4, 0.5) is 0 Å². The summed E-state index contributed by atoms with van der Waals surface area (Å²) in [5, 5.41) is 0. The van der Waals surface area contributed by atoms with Gasteiger partial charge in [0.25, 0.3) is 0 Å². The van der Waals surface area contributed by atoms with Crippen molar-refractivity contribution in [2.75, 3.05) is 7.11 Å². The smallest absolute Gasteiger partial charge is 0.0769 e. The van der Waals surface area contributed by atoms with Crippen LogP contribution in [-0.2, 0) is 11.2 Å². The topological polar surface area (TPSA) is 47.3 Å². The predicted molar refractivity (Wildman–Crippen MR) is 83.4 cm³/mol. The maximum absolute atomic E-state index is 5.82. The second-order valence-corrected chi connectivity index (χ2v) is 6.00. The molecule has 1 saturated carbocycles. The number of rotatable bonds is 6. The third kappa shape index (κ3) is 3.81. The molecule has 2 unspecified atom stereocenters. The second-order valence-electron chi connectivity index (χ2n) is 6.00. The molecule has 0 radical (unpaired) electrons. The first-order valence-electron chi connectivity index (χ1n) is 7.79. The Bertz CT molecular complexity index is 402. The van der Waals surface area contributed by atoms with Gasteiger partial charge in [-0.15, -0.1) is 0 Å². The molecule has 2 atom stereocenters. The first-order chi connectivity index (χ1) is 9.76. The average molecular weight is 276 g/mol. The van der Waals surface area contributed by atoms with Gasteiger partial charge in [-0.2, -0.15) is 0 Å². The van der Waals surface area contributed by atoms with Gasteiger partial charge in [0.2, 0.25) is 0 Å². The quantitative estimate of drug-likeness (QED) is 0.620. The molecule has 1 aromatic rings. The van der Waals surface area contributed by atoms with E-state index in [1.54, 1.807) is 0 Å². The molecule has 0 amide bonds. The summed E-state index contributed by atoms with van der Waals surface area (Å²) in [6.45, 7) is 2.16. The molecule has 2 rings (SSSR count). The van der Waals surface area contributed by atoms with Crippen LogP contribution in [0, 0.1) is 12.8 Å². The van der Waals surface area contributed by atoms with E-state index in [1.807, 2.05) is 7.11 Å². The molecule has 1 aliphatic carbocycles. The first-order valence-corrected chi connectivity index (χ1v) is 7.79. The standard InChI is InChI=1S/C17H28N2O/c1-13-8-6-7-11-15(13)12-16(19-18)17(20-2)14-9-4-3-5-10-14/h6-8,11,14,16-17,19H,3-5,9-10,12,18H2,1-2H3. The zero-order valence-corrected chi connectivity index (χ0v) is 12.8. The number of methoxy groups -OCH3 is 1. The van der Waals surface area contributed by atoms with Crippen LogP contribution in [0.25, 0.3) is 0 Å². The zero-order chi connectivity index (χ0) is 14.4. The van der Waals surface area contributed by atoms with Crippen molar-refractivity contribution in [3.05, 3.63) is 35.4 Å². The highest BCUT2D eigenvalue weighted by Gasteiger charge is 2.30. The Morgan fingerprint density at radius 3 is 2.55 bits per heavy atom. The van der Waals surface area contributed by atoms with Gasteiger partial charge < -0.3 is 4.74 Å². The largest absolute Gasteiger partial charge is 0.379 e. The third-order valence-electron chi connectivity index (χ3n) is 4.70. The minimum absolute atomic E-state index is 0.184. The number of benzene rings is 1. The van der Waals surface area contributed by atoms with Gasteiger partial charge in [0.15, 0.2) is 0 Å². The molecule has 0 aromatic heterocycles. The van der Waals surface area contributed by atoms with Crippen LogP contribution in [0.15, 0.2) is 24.3 Å². The Balaban J connectivity index is 2.06. The van der Waals surface area contributed by atoms with Crippen LogP contribution in [-0.4, -0.2) is 19.3 Å². The van der Waals surface area contributed by atoms with E-state index >= 15 is 0 Å². The van der Waals surface area contributed by atoms with Crippen LogP contribution in [0.2, 0.25) is 0 Å². The summed E-state index contributed by atoms with van der Waals surface area (Å²) in [5.74, 6) is 6.46. The van der Waals surface area contributed by atoms with Crippen molar-refractivity contribution < 1.29 is 4.74 Å². The summed E-state index contributed by atoms with van der Waals surface area (Å²) in [7, 11) is 1.82. The van der Waals surface area contributed by atoms with Crippen molar-refractivity contribution in [3.63, 3.8) is 0 Å². The van der Waals surface area contributed by atoms with Crippen molar-refractivity contribution >= 4 is 0 Å². The Hall–Kier alpha value is -0.900. The lowest BCUT2D eigenvalue weighted by Crippen LogP contribution is -2.49. The van der Waals surface area contributed by atoms with Crippen molar-refractivity contribution in [3.8, 4) is 0 Å². The van der Waals surface area contributed by atoms with E-state index in [0.29, 0.717) is 5.92 Å². The lowest BCUT2D eigenvalue weighted by molar-refractivity contribution is 0.00824. The molecule has 1 aliphatic rings. The average Bonchev–Trinajstić information content (AvgIpc) is 2.50. The highest BCUT2D eigenvalue weighted by molar-refractivity contribution is 5.26. The van der Waals surface area contributed by atoms with Crippen molar-refractivity contribution in [2.24, 2.45) is 11.8 Å². The van der Waals surface area contributed by atoms with Crippen molar-refractivity contribution in [1.82, 2.24) is 5.43 Å². The van der Waals surface area contributed by atoms with E-state index < -0.39 is 0 Å². The van der Waals surface area contributed by atoms with Crippen LogP contribution < -0.4 is 11.3 Å². The fourth-order valence-corrected chi connectivity index (χ4v) is 3.49. The summed E-state index contributed by atoms with van der Waals surface area (Å²) in [5.41, 5.74) is 5.68. The summed E-state index contributed by atoms with van der Waals surface area (Å²) in [4.78, 5) is 0. The van der Waals surface area contributed by atoms with Gasteiger partial charge in [-0.3, -0.25) is 11.3 Å². The van der Waals surface area contributed by atoms with Crippen molar-refractivity contribution in [1.29, 1.82) is 0 Å². The molecule has 0 spiro atoms. The molecular formula is C17H28N2O. The minimum Gasteiger partial charge on any atom is -0.379 e. The third-order valence-corrected chi connectivity index (χ3v) is 4.70. The lowest BCUT2D eigenvalue weighted by atomic mass is 9.81. The number of hydrogen-bond donors (Lipinski definition) is 2. The molecule has 3 nitrogen and oxygen atoms in total. The fraction of sp³-hybridized carbons (Fsp3) is 0.647. The van der Waals surface area contributed by atoms with Crippen molar-refractivity contribution in [2.45, 2.75) is 57.6 Å². The molecule has 0 saturated heterocycles. The van der Waals surface area contributed by atoms with E-state index in [9.17, 15) is 0 Å². The first kappa shape index (κ1) is 15.5. The van der Waals surface area contributed by atoms with Crippen LogP contribution in [0.5, 0.6) is 0 Å². The highest BCUT2D eigenvalue weighted by Crippen LogP contribution is 2.30. The zero-order valence-electron chi connectivity index (χ0n) is 12.8. The summed E-state index contributed by atoms with van der Waals surface area (Å²) in [6, 6.07) is 8.71. The number of nitrogens with one attached hydrogen (secondary N) is 1. The van der Waals surface area contributed by atoms with Gasteiger partial charge >= 0.3 is 0 Å². The summed E-state index contributed by atoms with van der Waals surface area (Å²) in [6.07, 6.45) is 7.69. The predicted octanol–water partition coefficient (Wildman–Crippen LogP) is 2.96. The molecule has 0 bridgehead atoms. The number of hydrogen-bond acceptors (Lipinski definition) is 3.